The van der Waals surface area contributed by atoms with E-state index >= 15 is 0 Å². The minimum Gasteiger partial charge on any atom is -0.501 e. The molecule has 0 aliphatic carbocycles. The first-order valence-electron chi connectivity index (χ1n) is 4.16. The summed E-state index contributed by atoms with van der Waals surface area (Å²) in [6.07, 6.45) is 3.48. The molecule has 2 aromatic heterocycles. The highest BCUT2D eigenvalue weighted by atomic mass is 16.5. The van der Waals surface area contributed by atoms with E-state index in [9.17, 15) is 14.7 Å². The third-order valence-electron chi connectivity index (χ3n) is 1.73. The molecule has 0 saturated heterocycles. The molecule has 0 bridgehead atoms. The van der Waals surface area contributed by atoms with Crippen LogP contribution in [0.15, 0.2) is 28.1 Å². The normalized spacial score (nSPS) is 10.0. The van der Waals surface area contributed by atoms with E-state index in [1.807, 2.05) is 0 Å². The van der Waals surface area contributed by atoms with E-state index in [1.165, 1.54) is 12.5 Å². The SMILES string of the molecule is O=C(Nc1cnoc1)c1nc[nH]c(=O)c1O. The van der Waals surface area contributed by atoms with Gasteiger partial charge in [-0.05, 0) is 0 Å². The van der Waals surface area contributed by atoms with Crippen molar-refractivity contribution in [3.63, 3.8) is 0 Å². The molecular weight excluding hydrogens is 216 g/mol. The molecular formula is C8H6N4O4. The Labute approximate surface area is 87.9 Å². The predicted octanol–water partition coefficient (Wildman–Crippen LogP) is -0.284. The summed E-state index contributed by atoms with van der Waals surface area (Å²) in [5.74, 6) is -1.47. The molecule has 82 valence electrons. The number of carbonyl (C=O) groups is 1. The van der Waals surface area contributed by atoms with Gasteiger partial charge in [0.25, 0.3) is 11.5 Å². The van der Waals surface area contributed by atoms with Gasteiger partial charge in [0.15, 0.2) is 5.69 Å². The van der Waals surface area contributed by atoms with Gasteiger partial charge in [-0.15, -0.1) is 0 Å². The number of anilines is 1. The number of hydrogen-bond donors (Lipinski definition) is 3. The van der Waals surface area contributed by atoms with Crippen LogP contribution in [0.2, 0.25) is 0 Å². The van der Waals surface area contributed by atoms with Crippen molar-refractivity contribution in [2.24, 2.45) is 0 Å². The van der Waals surface area contributed by atoms with Gasteiger partial charge in [0, 0.05) is 0 Å². The van der Waals surface area contributed by atoms with Crippen LogP contribution in [-0.2, 0) is 0 Å². The first-order chi connectivity index (χ1) is 7.68. The molecule has 0 fully saturated rings. The fourth-order valence-electron chi connectivity index (χ4n) is 1.02. The molecule has 1 amide bonds. The molecule has 0 saturated carbocycles. The maximum absolute atomic E-state index is 11.5. The van der Waals surface area contributed by atoms with E-state index in [0.29, 0.717) is 5.69 Å². The number of aromatic hydroxyl groups is 1. The standard InChI is InChI=1S/C8H6N4O4/c13-6-5(9-3-10-8(6)15)7(14)12-4-1-11-16-2-4/h1-3,13H,(H,12,14)(H,9,10,15). The molecule has 0 unspecified atom stereocenters. The van der Waals surface area contributed by atoms with Crippen LogP contribution in [0.1, 0.15) is 10.5 Å². The van der Waals surface area contributed by atoms with Crippen molar-refractivity contribution in [2.45, 2.75) is 0 Å². The lowest BCUT2D eigenvalue weighted by molar-refractivity contribution is 0.101. The van der Waals surface area contributed by atoms with Gasteiger partial charge in [-0.1, -0.05) is 5.16 Å². The summed E-state index contributed by atoms with van der Waals surface area (Å²) in [5, 5.41) is 15.0. The average molecular weight is 222 g/mol. The highest BCUT2D eigenvalue weighted by Crippen LogP contribution is 2.10. The Hall–Kier alpha value is -2.64. The quantitative estimate of drug-likeness (QED) is 0.642. The van der Waals surface area contributed by atoms with Crippen LogP contribution in [-0.4, -0.2) is 26.1 Å². The Morgan fingerprint density at radius 2 is 2.38 bits per heavy atom. The zero-order valence-electron chi connectivity index (χ0n) is 7.80. The van der Waals surface area contributed by atoms with Crippen molar-refractivity contribution < 1.29 is 14.4 Å². The van der Waals surface area contributed by atoms with Gasteiger partial charge in [-0.25, -0.2) is 4.98 Å². The summed E-state index contributed by atoms with van der Waals surface area (Å²) in [6, 6.07) is 0. The molecule has 0 aromatic carbocycles. The van der Waals surface area contributed by atoms with Crippen LogP contribution in [0, 0.1) is 0 Å². The van der Waals surface area contributed by atoms with Gasteiger partial charge in [0.1, 0.15) is 12.0 Å². The molecule has 0 aliphatic rings. The average Bonchev–Trinajstić information content (AvgIpc) is 2.74. The van der Waals surface area contributed by atoms with E-state index in [1.54, 1.807) is 0 Å². The summed E-state index contributed by atoms with van der Waals surface area (Å²) < 4.78 is 4.49. The molecule has 16 heavy (non-hydrogen) atoms. The Morgan fingerprint density at radius 1 is 1.56 bits per heavy atom. The number of carbonyl (C=O) groups excluding carboxylic acids is 1. The first kappa shape index (κ1) is 9.90. The highest BCUT2D eigenvalue weighted by molar-refractivity contribution is 6.04. The molecule has 0 radical (unpaired) electrons. The highest BCUT2D eigenvalue weighted by Gasteiger charge is 2.15. The topological polar surface area (TPSA) is 121 Å². The van der Waals surface area contributed by atoms with Crippen LogP contribution in [0.3, 0.4) is 0 Å². The van der Waals surface area contributed by atoms with Gasteiger partial charge in [-0.3, -0.25) is 9.59 Å². The lowest BCUT2D eigenvalue weighted by atomic mass is 10.3. The maximum Gasteiger partial charge on any atom is 0.293 e. The fraction of sp³-hybridized carbons (Fsp3) is 0. The van der Waals surface area contributed by atoms with Gasteiger partial charge in [0.05, 0.1) is 12.5 Å². The zero-order valence-corrected chi connectivity index (χ0v) is 7.80. The second-order valence-electron chi connectivity index (χ2n) is 2.80. The molecule has 0 aliphatic heterocycles. The second-order valence-corrected chi connectivity index (χ2v) is 2.80. The first-order valence-corrected chi connectivity index (χ1v) is 4.16. The Bertz CT molecular complexity index is 560. The number of amides is 1. The van der Waals surface area contributed by atoms with Crippen LogP contribution < -0.4 is 10.9 Å². The molecule has 0 atom stereocenters. The summed E-state index contributed by atoms with van der Waals surface area (Å²) in [4.78, 5) is 28.2. The number of aromatic nitrogens is 3. The lowest BCUT2D eigenvalue weighted by Crippen LogP contribution is -2.18. The van der Waals surface area contributed by atoms with Crippen molar-refractivity contribution in [2.75, 3.05) is 5.32 Å². The number of nitrogens with zero attached hydrogens (tertiary/aromatic N) is 2. The van der Waals surface area contributed by atoms with Gasteiger partial charge in [-0.2, -0.15) is 0 Å². The third kappa shape index (κ3) is 1.75. The number of aromatic amines is 1. The number of rotatable bonds is 2. The van der Waals surface area contributed by atoms with Gasteiger partial charge >= 0.3 is 0 Å². The van der Waals surface area contributed by atoms with Crippen LogP contribution in [0.4, 0.5) is 5.69 Å². The fourth-order valence-corrected chi connectivity index (χ4v) is 1.02. The number of H-pyrrole nitrogens is 1. The molecule has 0 spiro atoms. The minimum absolute atomic E-state index is 0.298. The molecule has 2 rings (SSSR count). The van der Waals surface area contributed by atoms with E-state index < -0.39 is 17.2 Å². The number of nitrogens with one attached hydrogen (secondary N) is 2. The Morgan fingerprint density at radius 3 is 3.06 bits per heavy atom. The summed E-state index contributed by atoms with van der Waals surface area (Å²) in [6.45, 7) is 0. The van der Waals surface area contributed by atoms with Gasteiger partial charge < -0.3 is 19.9 Å². The van der Waals surface area contributed by atoms with Crippen molar-refractivity contribution in [3.05, 3.63) is 34.8 Å². The van der Waals surface area contributed by atoms with E-state index in [2.05, 4.69) is 25.0 Å². The molecule has 8 nitrogen and oxygen atoms in total. The van der Waals surface area contributed by atoms with E-state index in [0.717, 1.165) is 6.33 Å². The van der Waals surface area contributed by atoms with Crippen molar-refractivity contribution in [3.8, 4) is 5.75 Å². The summed E-state index contributed by atoms with van der Waals surface area (Å²) in [7, 11) is 0. The summed E-state index contributed by atoms with van der Waals surface area (Å²) >= 11 is 0. The third-order valence-corrected chi connectivity index (χ3v) is 1.73. The van der Waals surface area contributed by atoms with Crippen molar-refractivity contribution in [1.82, 2.24) is 15.1 Å². The second kappa shape index (κ2) is 3.85. The van der Waals surface area contributed by atoms with Gasteiger partial charge in [0.2, 0.25) is 5.75 Å². The number of hydrogen-bond acceptors (Lipinski definition) is 6. The lowest BCUT2D eigenvalue weighted by Gasteiger charge is -2.01. The smallest absolute Gasteiger partial charge is 0.293 e. The molecule has 3 N–H and O–H groups in total. The predicted molar refractivity (Wildman–Crippen MR) is 51.0 cm³/mol. The largest absolute Gasteiger partial charge is 0.501 e. The van der Waals surface area contributed by atoms with E-state index in [-0.39, 0.29) is 5.69 Å². The monoisotopic (exact) mass is 222 g/mol. The van der Waals surface area contributed by atoms with Crippen LogP contribution >= 0.6 is 0 Å². The molecule has 8 heteroatoms. The zero-order chi connectivity index (χ0) is 11.5. The maximum atomic E-state index is 11.5. The van der Waals surface area contributed by atoms with Crippen molar-refractivity contribution >= 4 is 11.6 Å². The Balaban J connectivity index is 2.28. The summed E-state index contributed by atoms with van der Waals surface area (Å²) in [5.41, 5.74) is -0.859. The van der Waals surface area contributed by atoms with Crippen LogP contribution in [0.5, 0.6) is 5.75 Å². The minimum atomic E-state index is -0.787. The van der Waals surface area contributed by atoms with Crippen molar-refractivity contribution in [1.29, 1.82) is 0 Å². The molecule has 2 heterocycles. The Kier molecular flexibility index (Phi) is 2.38. The molecule has 2 aromatic rings. The van der Waals surface area contributed by atoms with E-state index in [4.69, 9.17) is 0 Å². The van der Waals surface area contributed by atoms with Crippen LogP contribution in [0.25, 0.3) is 0 Å².